The number of aliphatic carboxylic acids is 1. The first-order valence-corrected chi connectivity index (χ1v) is 5.22. The van der Waals surface area contributed by atoms with Crippen molar-refractivity contribution in [2.45, 2.75) is 25.3 Å². The molecule has 3 rings (SSSR count). The summed E-state index contributed by atoms with van der Waals surface area (Å²) < 4.78 is 0. The third-order valence-corrected chi connectivity index (χ3v) is 4.22. The monoisotopic (exact) mass is 181 g/mol. The van der Waals surface area contributed by atoms with Crippen molar-refractivity contribution in [2.24, 2.45) is 23.7 Å². The van der Waals surface area contributed by atoms with Crippen LogP contribution in [0.3, 0.4) is 0 Å². The quantitative estimate of drug-likeness (QED) is 0.674. The first-order chi connectivity index (χ1) is 6.27. The van der Waals surface area contributed by atoms with Crippen molar-refractivity contribution in [3.8, 4) is 0 Å². The third kappa shape index (κ3) is 1.03. The van der Waals surface area contributed by atoms with E-state index in [0.717, 1.165) is 23.7 Å². The second kappa shape index (κ2) is 2.47. The first-order valence-electron chi connectivity index (χ1n) is 5.22. The Bertz CT molecular complexity index is 237. The molecule has 3 nitrogen and oxygen atoms in total. The van der Waals surface area contributed by atoms with Crippen LogP contribution in [0.25, 0.3) is 0 Å². The summed E-state index contributed by atoms with van der Waals surface area (Å²) >= 11 is 0. The van der Waals surface area contributed by atoms with Gasteiger partial charge in [-0.3, -0.25) is 4.79 Å². The minimum absolute atomic E-state index is 0.150. The first kappa shape index (κ1) is 7.80. The second-order valence-electron chi connectivity index (χ2n) is 4.79. The molecular formula is C10H15NO2. The van der Waals surface area contributed by atoms with E-state index in [1.54, 1.807) is 0 Å². The third-order valence-electron chi connectivity index (χ3n) is 4.22. The fourth-order valence-corrected chi connectivity index (χ4v) is 3.80. The summed E-state index contributed by atoms with van der Waals surface area (Å²) in [5.41, 5.74) is 0. The van der Waals surface area contributed by atoms with Gasteiger partial charge in [-0.25, -0.2) is 0 Å². The molecule has 3 fully saturated rings. The van der Waals surface area contributed by atoms with Gasteiger partial charge in [-0.2, -0.15) is 0 Å². The van der Waals surface area contributed by atoms with Gasteiger partial charge in [0.25, 0.3) is 0 Å². The summed E-state index contributed by atoms with van der Waals surface area (Å²) in [7, 11) is 0. The maximum absolute atomic E-state index is 10.4. The molecule has 4 atom stereocenters. The number of carboxylic acids is 1. The average Bonchev–Trinajstić information content (AvgIpc) is 2.51. The van der Waals surface area contributed by atoms with Crippen LogP contribution < -0.4 is 5.32 Å². The number of carbonyl (C=O) groups is 1. The zero-order valence-corrected chi connectivity index (χ0v) is 7.57. The lowest BCUT2D eigenvalue weighted by Crippen LogP contribution is -2.28. The molecular weight excluding hydrogens is 166 g/mol. The Balaban J connectivity index is 1.58. The molecule has 13 heavy (non-hydrogen) atoms. The van der Waals surface area contributed by atoms with Crippen LogP contribution in [0.2, 0.25) is 0 Å². The molecule has 3 heteroatoms. The summed E-state index contributed by atoms with van der Waals surface area (Å²) in [6.07, 6.45) is 4.23. The van der Waals surface area contributed by atoms with Crippen LogP contribution in [0, 0.1) is 23.7 Å². The molecule has 0 radical (unpaired) electrons. The number of hydrogen-bond acceptors (Lipinski definition) is 2. The van der Waals surface area contributed by atoms with Gasteiger partial charge in [0.1, 0.15) is 0 Å². The van der Waals surface area contributed by atoms with E-state index in [0.29, 0.717) is 6.04 Å². The van der Waals surface area contributed by atoms with Crippen molar-refractivity contribution >= 4 is 5.97 Å². The predicted octanol–water partition coefficient (Wildman–Crippen LogP) is 0.705. The number of carboxylic acid groups (broad SMARTS) is 1. The minimum atomic E-state index is -0.725. The molecule has 4 unspecified atom stereocenters. The molecule has 3 aliphatic rings. The molecule has 0 aliphatic heterocycles. The van der Waals surface area contributed by atoms with Gasteiger partial charge in [-0.05, 0) is 42.9 Å². The van der Waals surface area contributed by atoms with Crippen molar-refractivity contribution in [3.05, 3.63) is 0 Å². The fourth-order valence-electron chi connectivity index (χ4n) is 3.80. The van der Waals surface area contributed by atoms with Crippen molar-refractivity contribution in [1.82, 2.24) is 5.32 Å². The van der Waals surface area contributed by atoms with Gasteiger partial charge < -0.3 is 10.4 Å². The molecule has 0 aromatic rings. The molecule has 3 saturated carbocycles. The van der Waals surface area contributed by atoms with Gasteiger partial charge >= 0.3 is 5.97 Å². The van der Waals surface area contributed by atoms with Crippen LogP contribution in [-0.4, -0.2) is 23.7 Å². The Labute approximate surface area is 77.5 Å². The Morgan fingerprint density at radius 3 is 2.46 bits per heavy atom. The molecule has 2 bridgehead atoms. The zero-order chi connectivity index (χ0) is 9.00. The van der Waals surface area contributed by atoms with E-state index in [9.17, 15) is 4.79 Å². The van der Waals surface area contributed by atoms with Gasteiger partial charge in [0.2, 0.25) is 0 Å². The largest absolute Gasteiger partial charge is 0.480 e. The van der Waals surface area contributed by atoms with Crippen LogP contribution in [0.4, 0.5) is 0 Å². The predicted molar refractivity (Wildman–Crippen MR) is 47.2 cm³/mol. The Kier molecular flexibility index (Phi) is 1.48. The van der Waals surface area contributed by atoms with E-state index >= 15 is 0 Å². The van der Waals surface area contributed by atoms with Crippen LogP contribution in [0.1, 0.15) is 19.3 Å². The Hall–Kier alpha value is -0.570. The normalized spacial score (nSPS) is 50.6. The van der Waals surface area contributed by atoms with Crippen molar-refractivity contribution in [2.75, 3.05) is 6.54 Å². The maximum atomic E-state index is 10.4. The molecule has 0 aromatic heterocycles. The number of fused-ring (bicyclic) bond motifs is 5. The molecule has 2 N–H and O–H groups in total. The molecule has 72 valence electrons. The fraction of sp³-hybridized carbons (Fsp3) is 0.900. The minimum Gasteiger partial charge on any atom is -0.480 e. The zero-order valence-electron chi connectivity index (χ0n) is 7.57. The average molecular weight is 181 g/mol. The summed E-state index contributed by atoms with van der Waals surface area (Å²) in [5.74, 6) is 2.83. The van der Waals surface area contributed by atoms with E-state index in [4.69, 9.17) is 5.11 Å². The molecule has 0 saturated heterocycles. The van der Waals surface area contributed by atoms with Gasteiger partial charge in [0.05, 0.1) is 6.54 Å². The molecule has 0 spiro atoms. The smallest absolute Gasteiger partial charge is 0.317 e. The summed E-state index contributed by atoms with van der Waals surface area (Å²) in [6, 6.07) is 0.558. The highest BCUT2D eigenvalue weighted by atomic mass is 16.4. The van der Waals surface area contributed by atoms with Gasteiger partial charge in [-0.1, -0.05) is 0 Å². The molecule has 3 aliphatic carbocycles. The SMILES string of the molecule is O=C(O)CNC1C2C3CCC(C3)C12. The topological polar surface area (TPSA) is 49.3 Å². The maximum Gasteiger partial charge on any atom is 0.317 e. The van der Waals surface area contributed by atoms with Crippen molar-refractivity contribution < 1.29 is 9.90 Å². The van der Waals surface area contributed by atoms with Crippen LogP contribution >= 0.6 is 0 Å². The highest BCUT2D eigenvalue weighted by Crippen LogP contribution is 2.65. The highest BCUT2D eigenvalue weighted by molar-refractivity contribution is 5.69. The number of rotatable bonds is 3. The Morgan fingerprint density at radius 1 is 1.31 bits per heavy atom. The lowest BCUT2D eigenvalue weighted by atomic mass is 10.0. The Morgan fingerprint density at radius 2 is 1.92 bits per heavy atom. The lowest BCUT2D eigenvalue weighted by Gasteiger charge is -2.08. The number of nitrogens with one attached hydrogen (secondary N) is 1. The van der Waals surface area contributed by atoms with E-state index in [1.165, 1.54) is 19.3 Å². The second-order valence-corrected chi connectivity index (χ2v) is 4.79. The standard InChI is InChI=1S/C10H15NO2/c12-7(13)4-11-10-8-5-1-2-6(3-5)9(8)10/h5-6,8-11H,1-4H2,(H,12,13). The van der Waals surface area contributed by atoms with Crippen molar-refractivity contribution in [1.29, 1.82) is 0 Å². The van der Waals surface area contributed by atoms with E-state index in [2.05, 4.69) is 5.32 Å². The van der Waals surface area contributed by atoms with Gasteiger partial charge in [0.15, 0.2) is 0 Å². The van der Waals surface area contributed by atoms with E-state index < -0.39 is 5.97 Å². The highest BCUT2D eigenvalue weighted by Gasteiger charge is 2.64. The van der Waals surface area contributed by atoms with Gasteiger partial charge in [-0.15, -0.1) is 0 Å². The molecule has 0 aromatic carbocycles. The number of hydrogen-bond donors (Lipinski definition) is 2. The summed E-state index contributed by atoms with van der Waals surface area (Å²) in [4.78, 5) is 10.4. The van der Waals surface area contributed by atoms with Crippen molar-refractivity contribution in [3.63, 3.8) is 0 Å². The van der Waals surface area contributed by atoms with E-state index in [-0.39, 0.29) is 6.54 Å². The summed E-state index contributed by atoms with van der Waals surface area (Å²) in [5, 5.41) is 11.7. The van der Waals surface area contributed by atoms with Crippen LogP contribution in [-0.2, 0) is 4.79 Å². The van der Waals surface area contributed by atoms with Crippen LogP contribution in [0.5, 0.6) is 0 Å². The van der Waals surface area contributed by atoms with E-state index in [1.807, 2.05) is 0 Å². The molecule has 0 heterocycles. The molecule has 0 amide bonds. The summed E-state index contributed by atoms with van der Waals surface area (Å²) in [6.45, 7) is 0.150. The lowest BCUT2D eigenvalue weighted by molar-refractivity contribution is -0.136. The van der Waals surface area contributed by atoms with Crippen LogP contribution in [0.15, 0.2) is 0 Å². The van der Waals surface area contributed by atoms with Gasteiger partial charge in [0, 0.05) is 6.04 Å².